The number of nitrogens with one attached hydrogen (secondary N) is 1. The smallest absolute Gasteiger partial charge is 0.225 e. The summed E-state index contributed by atoms with van der Waals surface area (Å²) < 4.78 is 5.90. The SMILES string of the molecule is O=C(NC[C@@H]1OC[C@H]2CN(C(=O)C3CC(O)C3)CC[C@H]21)C1CC1. The number of nitrogens with zero attached hydrogens (tertiary/aromatic N) is 1. The van der Waals surface area contributed by atoms with Crippen molar-refractivity contribution in [2.45, 2.75) is 44.3 Å². The first-order valence-corrected chi connectivity index (χ1v) is 8.98. The van der Waals surface area contributed by atoms with E-state index in [0.717, 1.165) is 32.4 Å². The van der Waals surface area contributed by atoms with Crippen LogP contribution in [0.5, 0.6) is 0 Å². The van der Waals surface area contributed by atoms with Crippen molar-refractivity contribution in [3.63, 3.8) is 0 Å². The number of likely N-dealkylation sites (tertiary alicyclic amines) is 1. The van der Waals surface area contributed by atoms with E-state index in [0.29, 0.717) is 37.8 Å². The number of hydrogen-bond acceptors (Lipinski definition) is 4. The molecule has 0 radical (unpaired) electrons. The Morgan fingerprint density at radius 3 is 2.65 bits per heavy atom. The molecule has 4 aliphatic rings. The van der Waals surface area contributed by atoms with E-state index in [4.69, 9.17) is 4.74 Å². The van der Waals surface area contributed by atoms with Gasteiger partial charge in [0.15, 0.2) is 0 Å². The van der Waals surface area contributed by atoms with E-state index in [1.165, 1.54) is 0 Å². The maximum Gasteiger partial charge on any atom is 0.225 e. The number of carbonyl (C=O) groups excluding carboxylic acids is 2. The second kappa shape index (κ2) is 6.06. The van der Waals surface area contributed by atoms with Crippen LogP contribution in [-0.4, -0.2) is 60.3 Å². The van der Waals surface area contributed by atoms with Gasteiger partial charge in [-0.05, 0) is 38.0 Å². The molecule has 128 valence electrons. The molecule has 0 unspecified atom stereocenters. The van der Waals surface area contributed by atoms with Crippen LogP contribution in [0.15, 0.2) is 0 Å². The first-order chi connectivity index (χ1) is 11.1. The van der Waals surface area contributed by atoms with Gasteiger partial charge in [-0.25, -0.2) is 0 Å². The molecule has 0 aromatic rings. The van der Waals surface area contributed by atoms with Crippen LogP contribution in [0.25, 0.3) is 0 Å². The zero-order valence-corrected chi connectivity index (χ0v) is 13.4. The number of aliphatic hydroxyl groups excluding tert-OH is 1. The minimum absolute atomic E-state index is 0.0255. The molecule has 2 heterocycles. The molecule has 2 aliphatic heterocycles. The van der Waals surface area contributed by atoms with E-state index in [9.17, 15) is 14.7 Å². The average Bonchev–Trinajstić information content (AvgIpc) is 3.30. The van der Waals surface area contributed by atoms with E-state index in [1.807, 2.05) is 4.90 Å². The molecule has 6 heteroatoms. The molecule has 0 bridgehead atoms. The van der Waals surface area contributed by atoms with Crippen molar-refractivity contribution in [1.82, 2.24) is 10.2 Å². The summed E-state index contributed by atoms with van der Waals surface area (Å²) in [6, 6.07) is 0. The number of rotatable bonds is 4. The summed E-state index contributed by atoms with van der Waals surface area (Å²) >= 11 is 0. The molecule has 4 rings (SSSR count). The monoisotopic (exact) mass is 322 g/mol. The lowest BCUT2D eigenvalue weighted by molar-refractivity contribution is -0.144. The first-order valence-electron chi connectivity index (χ1n) is 8.98. The number of carbonyl (C=O) groups is 2. The van der Waals surface area contributed by atoms with E-state index in [1.54, 1.807) is 0 Å². The van der Waals surface area contributed by atoms with Crippen LogP contribution in [0.4, 0.5) is 0 Å². The minimum atomic E-state index is -0.282. The molecular weight excluding hydrogens is 296 g/mol. The molecule has 2 aliphatic carbocycles. The summed E-state index contributed by atoms with van der Waals surface area (Å²) in [5.41, 5.74) is 0. The molecule has 0 spiro atoms. The third-order valence-corrected chi connectivity index (χ3v) is 5.99. The Morgan fingerprint density at radius 2 is 1.96 bits per heavy atom. The van der Waals surface area contributed by atoms with Crippen LogP contribution in [0.1, 0.15) is 32.1 Å². The highest BCUT2D eigenvalue weighted by molar-refractivity contribution is 5.81. The van der Waals surface area contributed by atoms with Crippen molar-refractivity contribution < 1.29 is 19.4 Å². The lowest BCUT2D eigenvalue weighted by Gasteiger charge is -2.40. The van der Waals surface area contributed by atoms with Gasteiger partial charge >= 0.3 is 0 Å². The summed E-state index contributed by atoms with van der Waals surface area (Å²) in [7, 11) is 0. The van der Waals surface area contributed by atoms with Gasteiger partial charge in [-0.1, -0.05) is 0 Å². The Labute approximate surface area is 136 Å². The van der Waals surface area contributed by atoms with Gasteiger partial charge in [-0.3, -0.25) is 9.59 Å². The lowest BCUT2D eigenvalue weighted by atomic mass is 9.79. The normalized spacial score (nSPS) is 39.5. The Morgan fingerprint density at radius 1 is 1.17 bits per heavy atom. The number of aliphatic hydroxyl groups is 1. The lowest BCUT2D eigenvalue weighted by Crippen LogP contribution is -2.50. The maximum absolute atomic E-state index is 12.4. The largest absolute Gasteiger partial charge is 0.393 e. The quantitative estimate of drug-likeness (QED) is 0.772. The maximum atomic E-state index is 12.4. The molecule has 0 aromatic carbocycles. The second-order valence-corrected chi connectivity index (χ2v) is 7.71. The number of ether oxygens (including phenoxy) is 1. The minimum Gasteiger partial charge on any atom is -0.393 e. The Hall–Kier alpha value is -1.14. The third kappa shape index (κ3) is 3.11. The topological polar surface area (TPSA) is 78.9 Å². The number of amides is 2. The van der Waals surface area contributed by atoms with Crippen molar-refractivity contribution in [3.05, 3.63) is 0 Å². The molecule has 0 aromatic heterocycles. The van der Waals surface area contributed by atoms with Gasteiger partial charge in [0, 0.05) is 37.4 Å². The molecule has 3 atom stereocenters. The summed E-state index contributed by atoms with van der Waals surface area (Å²) in [5.74, 6) is 1.49. The fourth-order valence-corrected chi connectivity index (χ4v) is 4.24. The van der Waals surface area contributed by atoms with E-state index in [-0.39, 0.29) is 35.9 Å². The van der Waals surface area contributed by atoms with Gasteiger partial charge in [0.2, 0.25) is 11.8 Å². The van der Waals surface area contributed by atoms with Gasteiger partial charge < -0.3 is 20.1 Å². The van der Waals surface area contributed by atoms with E-state index < -0.39 is 0 Å². The predicted octanol–water partition coefficient (Wildman–Crippen LogP) is 0.147. The summed E-state index contributed by atoms with van der Waals surface area (Å²) in [6.45, 7) is 2.84. The molecule has 23 heavy (non-hydrogen) atoms. The van der Waals surface area contributed by atoms with Crippen molar-refractivity contribution >= 4 is 11.8 Å². The van der Waals surface area contributed by atoms with E-state index in [2.05, 4.69) is 5.32 Å². The molecule has 6 nitrogen and oxygen atoms in total. The van der Waals surface area contributed by atoms with Gasteiger partial charge in [0.05, 0.1) is 18.8 Å². The summed E-state index contributed by atoms with van der Waals surface area (Å²) in [5, 5.41) is 12.4. The average molecular weight is 322 g/mol. The fourth-order valence-electron chi connectivity index (χ4n) is 4.24. The van der Waals surface area contributed by atoms with Crippen molar-refractivity contribution in [2.24, 2.45) is 23.7 Å². The van der Waals surface area contributed by atoms with Crippen molar-refractivity contribution in [3.8, 4) is 0 Å². The molecule has 2 N–H and O–H groups in total. The van der Waals surface area contributed by atoms with Crippen LogP contribution in [0.2, 0.25) is 0 Å². The highest BCUT2D eigenvalue weighted by atomic mass is 16.5. The standard InChI is InChI=1S/C17H26N2O4/c20-13-5-11(6-13)17(22)19-4-3-14-12(8-19)9-23-15(14)7-18-16(21)10-1-2-10/h10-15,20H,1-9H2,(H,18,21)/t11?,12-,13?,14-,15+/m1/s1. The van der Waals surface area contributed by atoms with Crippen LogP contribution in [-0.2, 0) is 14.3 Å². The first kappa shape index (κ1) is 15.4. The second-order valence-electron chi connectivity index (χ2n) is 7.71. The van der Waals surface area contributed by atoms with Crippen LogP contribution in [0.3, 0.4) is 0 Å². The molecule has 2 saturated heterocycles. The number of hydrogen-bond donors (Lipinski definition) is 2. The predicted molar refractivity (Wildman–Crippen MR) is 82.4 cm³/mol. The highest BCUT2D eigenvalue weighted by Crippen LogP contribution is 2.37. The zero-order chi connectivity index (χ0) is 16.0. The molecule has 2 saturated carbocycles. The fraction of sp³-hybridized carbons (Fsp3) is 0.882. The molecular formula is C17H26N2O4. The molecule has 2 amide bonds. The van der Waals surface area contributed by atoms with Gasteiger partial charge in [-0.15, -0.1) is 0 Å². The molecule has 4 fully saturated rings. The summed E-state index contributed by atoms with van der Waals surface area (Å²) in [4.78, 5) is 26.1. The number of piperidine rings is 1. The van der Waals surface area contributed by atoms with Gasteiger partial charge in [0.1, 0.15) is 0 Å². The Balaban J connectivity index is 1.26. The summed E-state index contributed by atoms with van der Waals surface area (Å²) in [6.07, 6.45) is 4.06. The Bertz CT molecular complexity index is 487. The van der Waals surface area contributed by atoms with Crippen LogP contribution in [0, 0.1) is 23.7 Å². The van der Waals surface area contributed by atoms with Crippen molar-refractivity contribution in [1.29, 1.82) is 0 Å². The third-order valence-electron chi connectivity index (χ3n) is 5.99. The van der Waals surface area contributed by atoms with Gasteiger partial charge in [-0.2, -0.15) is 0 Å². The van der Waals surface area contributed by atoms with Crippen molar-refractivity contribution in [2.75, 3.05) is 26.2 Å². The van der Waals surface area contributed by atoms with Crippen LogP contribution < -0.4 is 5.32 Å². The van der Waals surface area contributed by atoms with Gasteiger partial charge in [0.25, 0.3) is 0 Å². The highest BCUT2D eigenvalue weighted by Gasteiger charge is 2.44. The van der Waals surface area contributed by atoms with E-state index >= 15 is 0 Å². The van der Waals surface area contributed by atoms with Crippen LogP contribution >= 0.6 is 0 Å². The Kier molecular flexibility index (Phi) is 4.05. The number of fused-ring (bicyclic) bond motifs is 1. The zero-order valence-electron chi connectivity index (χ0n) is 13.4.